The Kier molecular flexibility index (Phi) is 1.40. The summed E-state index contributed by atoms with van der Waals surface area (Å²) in [7, 11) is 0. The van der Waals surface area contributed by atoms with Crippen LogP contribution in [-0.2, 0) is 0 Å². The molecule has 2 atom stereocenters. The largest absolute Gasteiger partial charge is 0.0808 e. The highest BCUT2D eigenvalue weighted by Crippen LogP contribution is 2.48. The highest BCUT2D eigenvalue weighted by Gasteiger charge is 2.38. The Morgan fingerprint density at radius 1 is 1.60 bits per heavy atom. The van der Waals surface area contributed by atoms with Crippen molar-refractivity contribution in [1.82, 2.24) is 0 Å². The van der Waals surface area contributed by atoms with Crippen molar-refractivity contribution in [2.45, 2.75) is 26.2 Å². The van der Waals surface area contributed by atoms with Crippen molar-refractivity contribution in [2.75, 3.05) is 0 Å². The third-order valence-corrected chi connectivity index (χ3v) is 2.52. The molecule has 0 amide bonds. The summed E-state index contributed by atoms with van der Waals surface area (Å²) in [5.41, 5.74) is 1.70. The van der Waals surface area contributed by atoms with Gasteiger partial charge in [0.1, 0.15) is 0 Å². The van der Waals surface area contributed by atoms with Gasteiger partial charge < -0.3 is 0 Å². The van der Waals surface area contributed by atoms with Gasteiger partial charge in [0.25, 0.3) is 0 Å². The van der Waals surface area contributed by atoms with Gasteiger partial charge in [-0.05, 0) is 24.7 Å². The molecule has 1 saturated carbocycles. The number of hydrogen-bond donors (Lipinski definition) is 0. The van der Waals surface area contributed by atoms with Crippen molar-refractivity contribution in [3.8, 4) is 0 Å². The fourth-order valence-electron chi connectivity index (χ4n) is 1.86. The van der Waals surface area contributed by atoms with E-state index in [-0.39, 0.29) is 0 Å². The second kappa shape index (κ2) is 2.26. The Morgan fingerprint density at radius 2 is 2.50 bits per heavy atom. The van der Waals surface area contributed by atoms with Gasteiger partial charge in [0, 0.05) is 0 Å². The number of fused-ring (bicyclic) bond motifs is 1. The molecule has 2 aliphatic carbocycles. The number of hydrogen-bond acceptors (Lipinski definition) is 0. The molecule has 0 aromatic carbocycles. The summed E-state index contributed by atoms with van der Waals surface area (Å²) in [5.74, 6) is 1.90. The summed E-state index contributed by atoms with van der Waals surface area (Å²) in [6, 6.07) is 0. The van der Waals surface area contributed by atoms with Crippen LogP contribution in [0.4, 0.5) is 0 Å². The lowest BCUT2D eigenvalue weighted by Gasteiger charge is -2.05. The van der Waals surface area contributed by atoms with Gasteiger partial charge in [-0.3, -0.25) is 0 Å². The normalized spacial score (nSPS) is 35.1. The lowest BCUT2D eigenvalue weighted by molar-refractivity contribution is 0.790. The standard InChI is InChI=1S/C10H14/c1-2-4-8-5-3-6-9-7-10(8)9/h3,5-6,9-10H,2,4,7H2,1H3. The first-order valence-electron chi connectivity index (χ1n) is 4.29. The molecule has 10 heavy (non-hydrogen) atoms. The maximum Gasteiger partial charge on any atom is -0.0131 e. The third-order valence-electron chi connectivity index (χ3n) is 2.52. The minimum Gasteiger partial charge on any atom is -0.0808 e. The van der Waals surface area contributed by atoms with Crippen molar-refractivity contribution >= 4 is 0 Å². The molecule has 0 heterocycles. The summed E-state index contributed by atoms with van der Waals surface area (Å²) in [5, 5.41) is 0. The van der Waals surface area contributed by atoms with Crippen LogP contribution >= 0.6 is 0 Å². The zero-order chi connectivity index (χ0) is 6.97. The molecule has 0 aromatic heterocycles. The van der Waals surface area contributed by atoms with E-state index in [1.807, 2.05) is 0 Å². The van der Waals surface area contributed by atoms with Crippen molar-refractivity contribution in [2.24, 2.45) is 11.8 Å². The first kappa shape index (κ1) is 6.21. The minimum absolute atomic E-state index is 0.937. The molecule has 0 bridgehead atoms. The van der Waals surface area contributed by atoms with Gasteiger partial charge in [-0.2, -0.15) is 0 Å². The van der Waals surface area contributed by atoms with Crippen LogP contribution < -0.4 is 0 Å². The van der Waals surface area contributed by atoms with Crippen molar-refractivity contribution in [1.29, 1.82) is 0 Å². The van der Waals surface area contributed by atoms with Crippen LogP contribution in [0.15, 0.2) is 23.8 Å². The van der Waals surface area contributed by atoms with E-state index in [0.717, 1.165) is 11.8 Å². The predicted octanol–water partition coefficient (Wildman–Crippen LogP) is 2.92. The molecule has 0 radical (unpaired) electrons. The van der Waals surface area contributed by atoms with E-state index in [1.54, 1.807) is 5.57 Å². The van der Waals surface area contributed by atoms with Crippen molar-refractivity contribution in [3.05, 3.63) is 23.8 Å². The quantitative estimate of drug-likeness (QED) is 0.544. The molecule has 0 spiro atoms. The van der Waals surface area contributed by atoms with Crippen LogP contribution in [0.2, 0.25) is 0 Å². The second-order valence-electron chi connectivity index (χ2n) is 3.38. The minimum atomic E-state index is 0.937. The Balaban J connectivity index is 2.05. The molecule has 0 saturated heterocycles. The molecule has 1 fully saturated rings. The smallest absolute Gasteiger partial charge is 0.0131 e. The zero-order valence-corrected chi connectivity index (χ0v) is 6.51. The van der Waals surface area contributed by atoms with E-state index >= 15 is 0 Å². The van der Waals surface area contributed by atoms with E-state index in [1.165, 1.54) is 19.3 Å². The van der Waals surface area contributed by atoms with Crippen LogP contribution in [0.5, 0.6) is 0 Å². The Morgan fingerprint density at radius 3 is 3.30 bits per heavy atom. The van der Waals surface area contributed by atoms with Crippen LogP contribution in [0.3, 0.4) is 0 Å². The zero-order valence-electron chi connectivity index (χ0n) is 6.51. The average molecular weight is 134 g/mol. The summed E-state index contributed by atoms with van der Waals surface area (Å²) in [6.07, 6.45) is 11.0. The molecule has 2 unspecified atom stereocenters. The average Bonchev–Trinajstić information content (AvgIpc) is 2.67. The van der Waals surface area contributed by atoms with Gasteiger partial charge in [0.05, 0.1) is 0 Å². The monoisotopic (exact) mass is 134 g/mol. The highest BCUT2D eigenvalue weighted by molar-refractivity contribution is 5.29. The summed E-state index contributed by atoms with van der Waals surface area (Å²) in [4.78, 5) is 0. The van der Waals surface area contributed by atoms with Gasteiger partial charge in [0.15, 0.2) is 0 Å². The third kappa shape index (κ3) is 0.920. The summed E-state index contributed by atoms with van der Waals surface area (Å²) in [6.45, 7) is 2.26. The van der Waals surface area contributed by atoms with Crippen molar-refractivity contribution < 1.29 is 0 Å². The fourth-order valence-corrected chi connectivity index (χ4v) is 1.86. The second-order valence-corrected chi connectivity index (χ2v) is 3.38. The van der Waals surface area contributed by atoms with Crippen LogP contribution in [0.1, 0.15) is 26.2 Å². The molecular weight excluding hydrogens is 120 g/mol. The molecule has 0 N–H and O–H groups in total. The van der Waals surface area contributed by atoms with E-state index in [9.17, 15) is 0 Å². The molecule has 54 valence electrons. The number of rotatable bonds is 2. The number of allylic oxidation sites excluding steroid dienone is 4. The SMILES string of the molecule is CCCC1=CC=CC2CC12. The van der Waals surface area contributed by atoms with Crippen LogP contribution in [0, 0.1) is 11.8 Å². The van der Waals surface area contributed by atoms with Gasteiger partial charge in [-0.15, -0.1) is 0 Å². The molecule has 2 aliphatic rings. The van der Waals surface area contributed by atoms with Gasteiger partial charge >= 0.3 is 0 Å². The van der Waals surface area contributed by atoms with Crippen molar-refractivity contribution in [3.63, 3.8) is 0 Å². The molecule has 0 aliphatic heterocycles. The van der Waals surface area contributed by atoms with Gasteiger partial charge in [-0.1, -0.05) is 37.1 Å². The van der Waals surface area contributed by atoms with Crippen LogP contribution in [-0.4, -0.2) is 0 Å². The maximum absolute atomic E-state index is 2.35. The Hall–Kier alpha value is -0.520. The Labute approximate surface area is 62.6 Å². The predicted molar refractivity (Wildman–Crippen MR) is 43.7 cm³/mol. The molecule has 0 heteroatoms. The lowest BCUT2D eigenvalue weighted by Crippen LogP contribution is -1.90. The van der Waals surface area contributed by atoms with Gasteiger partial charge in [0.2, 0.25) is 0 Å². The maximum atomic E-state index is 2.35. The molecule has 0 aromatic rings. The topological polar surface area (TPSA) is 0 Å². The highest BCUT2D eigenvalue weighted by atomic mass is 14.4. The summed E-state index contributed by atoms with van der Waals surface area (Å²) >= 11 is 0. The first-order chi connectivity index (χ1) is 4.92. The lowest BCUT2D eigenvalue weighted by atomic mass is 10.0. The van der Waals surface area contributed by atoms with E-state index < -0.39 is 0 Å². The molecular formula is C10H14. The molecule has 0 nitrogen and oxygen atoms in total. The van der Waals surface area contributed by atoms with E-state index in [4.69, 9.17) is 0 Å². The van der Waals surface area contributed by atoms with E-state index in [2.05, 4.69) is 25.2 Å². The Bertz CT molecular complexity index is 186. The first-order valence-corrected chi connectivity index (χ1v) is 4.29. The fraction of sp³-hybridized carbons (Fsp3) is 0.600. The molecule has 2 rings (SSSR count). The summed E-state index contributed by atoms with van der Waals surface area (Å²) < 4.78 is 0. The van der Waals surface area contributed by atoms with Gasteiger partial charge in [-0.25, -0.2) is 0 Å². The van der Waals surface area contributed by atoms with Crippen LogP contribution in [0.25, 0.3) is 0 Å². The van der Waals surface area contributed by atoms with E-state index in [0.29, 0.717) is 0 Å².